The van der Waals surface area contributed by atoms with E-state index in [9.17, 15) is 0 Å². The van der Waals surface area contributed by atoms with Crippen LogP contribution in [0.25, 0.3) is 23.6 Å². The SMILES string of the molecule is Clc1ccc(-c2nnc(/C=C/c3ccccc3)o2)c(Cl)c1. The molecular weight excluding hydrogens is 307 g/mol. The Bertz CT molecular complexity index is 782. The summed E-state index contributed by atoms with van der Waals surface area (Å²) in [5, 5.41) is 9.01. The molecule has 0 saturated carbocycles. The van der Waals surface area contributed by atoms with Gasteiger partial charge in [-0.15, -0.1) is 10.2 Å². The van der Waals surface area contributed by atoms with Crippen molar-refractivity contribution in [1.29, 1.82) is 0 Å². The summed E-state index contributed by atoms with van der Waals surface area (Å²) >= 11 is 12.0. The lowest BCUT2D eigenvalue weighted by Crippen LogP contribution is -1.79. The number of halogens is 2. The number of hydrogen-bond acceptors (Lipinski definition) is 3. The highest BCUT2D eigenvalue weighted by atomic mass is 35.5. The van der Waals surface area contributed by atoms with Gasteiger partial charge in [-0.2, -0.15) is 0 Å². The highest BCUT2D eigenvalue weighted by Crippen LogP contribution is 2.29. The van der Waals surface area contributed by atoms with E-state index < -0.39 is 0 Å². The van der Waals surface area contributed by atoms with Crippen molar-refractivity contribution in [3.63, 3.8) is 0 Å². The van der Waals surface area contributed by atoms with Crippen LogP contribution in [0.2, 0.25) is 10.0 Å². The van der Waals surface area contributed by atoms with Crippen LogP contribution in [-0.4, -0.2) is 10.2 Å². The molecule has 0 spiro atoms. The summed E-state index contributed by atoms with van der Waals surface area (Å²) in [6, 6.07) is 15.0. The normalized spacial score (nSPS) is 11.1. The first-order valence-electron chi connectivity index (χ1n) is 6.24. The first-order valence-corrected chi connectivity index (χ1v) is 7.00. The lowest BCUT2D eigenvalue weighted by molar-refractivity contribution is 0.558. The number of rotatable bonds is 3. The van der Waals surface area contributed by atoms with E-state index in [1.54, 1.807) is 24.3 Å². The van der Waals surface area contributed by atoms with Crippen molar-refractivity contribution in [3.05, 3.63) is 70.0 Å². The molecule has 0 fully saturated rings. The molecule has 3 nitrogen and oxygen atoms in total. The van der Waals surface area contributed by atoms with Gasteiger partial charge in [0.15, 0.2) is 0 Å². The Balaban J connectivity index is 1.85. The van der Waals surface area contributed by atoms with Crippen molar-refractivity contribution in [3.8, 4) is 11.5 Å². The summed E-state index contributed by atoms with van der Waals surface area (Å²) in [5.74, 6) is 0.782. The molecule has 0 aliphatic heterocycles. The van der Waals surface area contributed by atoms with Crippen molar-refractivity contribution in [1.82, 2.24) is 10.2 Å². The second kappa shape index (κ2) is 6.12. The first kappa shape index (κ1) is 13.9. The molecule has 1 aromatic heterocycles. The zero-order chi connectivity index (χ0) is 14.7. The van der Waals surface area contributed by atoms with Gasteiger partial charge in [0.05, 0.1) is 10.6 Å². The highest BCUT2D eigenvalue weighted by Gasteiger charge is 2.11. The molecule has 0 aliphatic rings. The fraction of sp³-hybridized carbons (Fsp3) is 0. The quantitative estimate of drug-likeness (QED) is 0.665. The molecule has 0 atom stereocenters. The van der Waals surface area contributed by atoms with E-state index in [-0.39, 0.29) is 0 Å². The van der Waals surface area contributed by atoms with Crippen molar-refractivity contribution in [2.45, 2.75) is 0 Å². The molecule has 104 valence electrons. The van der Waals surface area contributed by atoms with E-state index in [0.29, 0.717) is 27.4 Å². The maximum absolute atomic E-state index is 6.12. The van der Waals surface area contributed by atoms with Crippen LogP contribution in [0.5, 0.6) is 0 Å². The molecule has 1 heterocycles. The lowest BCUT2D eigenvalue weighted by atomic mass is 10.2. The van der Waals surface area contributed by atoms with Crippen molar-refractivity contribution < 1.29 is 4.42 Å². The van der Waals surface area contributed by atoms with Gasteiger partial charge in [-0.1, -0.05) is 53.5 Å². The highest BCUT2D eigenvalue weighted by molar-refractivity contribution is 6.36. The Labute approximate surface area is 131 Å². The van der Waals surface area contributed by atoms with E-state index in [4.69, 9.17) is 27.6 Å². The number of nitrogens with zero attached hydrogens (tertiary/aromatic N) is 2. The van der Waals surface area contributed by atoms with E-state index in [0.717, 1.165) is 5.56 Å². The number of benzene rings is 2. The Kier molecular flexibility index (Phi) is 4.04. The number of hydrogen-bond donors (Lipinski definition) is 0. The van der Waals surface area contributed by atoms with E-state index >= 15 is 0 Å². The maximum Gasteiger partial charge on any atom is 0.249 e. The van der Waals surface area contributed by atoms with Crippen molar-refractivity contribution in [2.75, 3.05) is 0 Å². The summed E-state index contributed by atoms with van der Waals surface area (Å²) in [6.07, 6.45) is 3.66. The fourth-order valence-electron chi connectivity index (χ4n) is 1.81. The van der Waals surface area contributed by atoms with Gasteiger partial charge in [0.25, 0.3) is 0 Å². The Morgan fingerprint density at radius 3 is 2.48 bits per heavy atom. The molecule has 0 N–H and O–H groups in total. The molecule has 3 aromatic rings. The molecule has 2 aromatic carbocycles. The van der Waals surface area contributed by atoms with E-state index in [1.807, 2.05) is 36.4 Å². The molecular formula is C16H10Cl2N2O. The smallest absolute Gasteiger partial charge is 0.249 e. The maximum atomic E-state index is 6.12. The lowest BCUT2D eigenvalue weighted by Gasteiger charge is -1.98. The van der Waals surface area contributed by atoms with Gasteiger partial charge in [-0.3, -0.25) is 0 Å². The second-order valence-corrected chi connectivity index (χ2v) is 5.16. The van der Waals surface area contributed by atoms with Crippen LogP contribution in [0, 0.1) is 0 Å². The van der Waals surface area contributed by atoms with Crippen LogP contribution in [0.1, 0.15) is 11.5 Å². The fourth-order valence-corrected chi connectivity index (χ4v) is 2.29. The summed E-state index contributed by atoms with van der Waals surface area (Å²) in [5.41, 5.74) is 1.72. The van der Waals surface area contributed by atoms with Crippen LogP contribution in [0.4, 0.5) is 0 Å². The minimum Gasteiger partial charge on any atom is -0.417 e. The van der Waals surface area contributed by atoms with Crippen molar-refractivity contribution >= 4 is 35.4 Å². The van der Waals surface area contributed by atoms with Gasteiger partial charge in [0, 0.05) is 11.1 Å². The summed E-state index contributed by atoms with van der Waals surface area (Å²) in [7, 11) is 0. The van der Waals surface area contributed by atoms with Gasteiger partial charge in [-0.25, -0.2) is 0 Å². The van der Waals surface area contributed by atoms with Gasteiger partial charge in [-0.05, 0) is 29.8 Å². The van der Waals surface area contributed by atoms with Crippen molar-refractivity contribution in [2.24, 2.45) is 0 Å². The average Bonchev–Trinajstić information content (AvgIpc) is 2.95. The van der Waals surface area contributed by atoms with Crippen LogP contribution in [0.15, 0.2) is 52.9 Å². The van der Waals surface area contributed by atoms with Gasteiger partial charge < -0.3 is 4.42 Å². The van der Waals surface area contributed by atoms with E-state index in [1.165, 1.54) is 0 Å². The summed E-state index contributed by atoms with van der Waals surface area (Å²) < 4.78 is 5.58. The largest absolute Gasteiger partial charge is 0.417 e. The predicted molar refractivity (Wildman–Crippen MR) is 85.1 cm³/mol. The molecule has 21 heavy (non-hydrogen) atoms. The zero-order valence-corrected chi connectivity index (χ0v) is 12.3. The third-order valence-electron chi connectivity index (χ3n) is 2.82. The molecule has 3 rings (SSSR count). The minimum absolute atomic E-state index is 0.365. The Morgan fingerprint density at radius 1 is 0.905 bits per heavy atom. The summed E-state index contributed by atoms with van der Waals surface area (Å²) in [6.45, 7) is 0. The topological polar surface area (TPSA) is 38.9 Å². The predicted octanol–water partition coefficient (Wildman–Crippen LogP) is 5.21. The Morgan fingerprint density at radius 2 is 1.71 bits per heavy atom. The van der Waals surface area contributed by atoms with Crippen LogP contribution >= 0.6 is 23.2 Å². The first-order chi connectivity index (χ1) is 10.2. The average molecular weight is 317 g/mol. The van der Waals surface area contributed by atoms with Gasteiger partial charge >= 0.3 is 0 Å². The van der Waals surface area contributed by atoms with Crippen LogP contribution in [-0.2, 0) is 0 Å². The van der Waals surface area contributed by atoms with Gasteiger partial charge in [0.2, 0.25) is 11.8 Å². The number of aromatic nitrogens is 2. The molecule has 0 saturated heterocycles. The molecule has 0 aliphatic carbocycles. The van der Waals surface area contributed by atoms with Gasteiger partial charge in [0.1, 0.15) is 0 Å². The monoisotopic (exact) mass is 316 g/mol. The zero-order valence-electron chi connectivity index (χ0n) is 10.8. The molecule has 0 unspecified atom stereocenters. The minimum atomic E-state index is 0.365. The third-order valence-corrected chi connectivity index (χ3v) is 3.37. The molecule has 0 amide bonds. The van der Waals surface area contributed by atoms with Crippen LogP contribution < -0.4 is 0 Å². The van der Waals surface area contributed by atoms with E-state index in [2.05, 4.69) is 10.2 Å². The van der Waals surface area contributed by atoms with Crippen LogP contribution in [0.3, 0.4) is 0 Å². The third kappa shape index (κ3) is 3.32. The molecule has 0 bridgehead atoms. The Hall–Kier alpha value is -2.10. The molecule has 5 heteroatoms. The second-order valence-electron chi connectivity index (χ2n) is 4.31. The standard InChI is InChI=1S/C16H10Cl2N2O/c17-12-7-8-13(14(18)10-12)16-20-19-15(21-16)9-6-11-4-2-1-3-5-11/h1-10H/b9-6+. The summed E-state index contributed by atoms with van der Waals surface area (Å²) in [4.78, 5) is 0. The molecule has 0 radical (unpaired) electrons.